The lowest BCUT2D eigenvalue weighted by Crippen LogP contribution is -2.48. The third kappa shape index (κ3) is 7.25. The molecule has 5 rings (SSSR count). The number of carbonyl (C=O) groups is 1. The van der Waals surface area contributed by atoms with Crippen LogP contribution in [0.1, 0.15) is 53.9 Å². The molecule has 210 valence electrons. The van der Waals surface area contributed by atoms with Crippen LogP contribution in [0.15, 0.2) is 61.2 Å². The molecule has 3 aliphatic rings. The number of hydrogen-bond acceptors (Lipinski definition) is 8. The van der Waals surface area contributed by atoms with Gasteiger partial charge in [-0.25, -0.2) is 4.79 Å². The number of benzene rings is 2. The molecule has 2 aromatic carbocycles. The first-order valence-electron chi connectivity index (χ1n) is 13.7. The quantitative estimate of drug-likeness (QED) is 0.463. The predicted molar refractivity (Wildman–Crippen MR) is 144 cm³/mol. The molecular formula is C30H38N2O7. The topological polar surface area (TPSA) is 98.7 Å². The molecule has 9 nitrogen and oxygen atoms in total. The van der Waals surface area contributed by atoms with Gasteiger partial charge < -0.3 is 39.0 Å². The van der Waals surface area contributed by atoms with E-state index in [0.29, 0.717) is 19.8 Å². The minimum absolute atomic E-state index is 0.0111. The molecule has 3 atom stereocenters. The highest BCUT2D eigenvalue weighted by Gasteiger charge is 2.41. The summed E-state index contributed by atoms with van der Waals surface area (Å²) >= 11 is 0. The third-order valence-corrected chi connectivity index (χ3v) is 7.53. The lowest BCUT2D eigenvalue weighted by Gasteiger charge is -2.41. The van der Waals surface area contributed by atoms with Crippen molar-refractivity contribution in [2.45, 2.75) is 56.7 Å². The largest absolute Gasteiger partial charge is 0.445 e. The Balaban J connectivity index is 1.24. The number of aliphatic hydroxyl groups is 1. The number of rotatable bonds is 9. The minimum Gasteiger partial charge on any atom is -0.445 e. The fraction of sp³-hybridized carbons (Fsp3) is 0.500. The van der Waals surface area contributed by atoms with Crippen molar-refractivity contribution in [2.75, 3.05) is 39.5 Å². The minimum atomic E-state index is -0.525. The van der Waals surface area contributed by atoms with Crippen molar-refractivity contribution in [1.82, 2.24) is 10.2 Å². The maximum atomic E-state index is 11.7. The van der Waals surface area contributed by atoms with Gasteiger partial charge in [0, 0.05) is 51.0 Å². The normalized spacial score (nSPS) is 24.9. The first-order chi connectivity index (χ1) is 19.1. The summed E-state index contributed by atoms with van der Waals surface area (Å²) in [5, 5.41) is 12.2. The number of nitrogens with zero attached hydrogens (tertiary/aromatic N) is 1. The highest BCUT2D eigenvalue weighted by molar-refractivity contribution is 5.67. The second-order valence-electron chi connectivity index (χ2n) is 10.2. The van der Waals surface area contributed by atoms with E-state index in [2.05, 4.69) is 16.8 Å². The molecule has 0 radical (unpaired) electrons. The Labute approximate surface area is 229 Å². The van der Waals surface area contributed by atoms with Crippen LogP contribution < -0.4 is 5.32 Å². The Morgan fingerprint density at radius 3 is 2.36 bits per heavy atom. The second-order valence-corrected chi connectivity index (χ2v) is 10.2. The number of nitrogens with one attached hydrogen (secondary N) is 1. The van der Waals surface area contributed by atoms with Crippen LogP contribution in [-0.2, 0) is 36.8 Å². The van der Waals surface area contributed by atoms with Crippen molar-refractivity contribution >= 4 is 6.09 Å². The van der Waals surface area contributed by atoms with E-state index >= 15 is 0 Å². The number of aliphatic hydroxyl groups excluding tert-OH is 1. The molecule has 3 saturated heterocycles. The summed E-state index contributed by atoms with van der Waals surface area (Å²) in [6.07, 6.45) is 2.82. The van der Waals surface area contributed by atoms with Gasteiger partial charge in [0.2, 0.25) is 0 Å². The number of amides is 1. The highest BCUT2D eigenvalue weighted by atomic mass is 16.7. The zero-order valence-corrected chi connectivity index (χ0v) is 22.3. The van der Waals surface area contributed by atoms with E-state index in [1.807, 2.05) is 48.5 Å². The van der Waals surface area contributed by atoms with Crippen molar-refractivity contribution < 1.29 is 33.6 Å². The maximum absolute atomic E-state index is 11.7. The molecular weight excluding hydrogens is 500 g/mol. The van der Waals surface area contributed by atoms with Crippen LogP contribution in [0.4, 0.5) is 4.79 Å². The number of likely N-dealkylation sites (tertiary alicyclic amines) is 1. The molecule has 0 aliphatic carbocycles. The highest BCUT2D eigenvalue weighted by Crippen LogP contribution is 2.39. The molecule has 0 bridgehead atoms. The van der Waals surface area contributed by atoms with Gasteiger partial charge in [0.05, 0.1) is 32.0 Å². The summed E-state index contributed by atoms with van der Waals surface area (Å²) in [5.74, 6) is -0.397. The number of ether oxygens (including phenoxy) is 5. The molecule has 0 aromatic heterocycles. The molecule has 2 N–H and O–H groups in total. The van der Waals surface area contributed by atoms with Crippen molar-refractivity contribution in [3.63, 3.8) is 0 Å². The molecule has 1 amide bonds. The molecule has 2 aromatic rings. The van der Waals surface area contributed by atoms with E-state index in [-0.39, 0.29) is 25.4 Å². The fourth-order valence-corrected chi connectivity index (χ4v) is 5.34. The number of hydrogen-bond donors (Lipinski definition) is 2. The molecule has 1 spiro atoms. The Morgan fingerprint density at radius 2 is 1.69 bits per heavy atom. The van der Waals surface area contributed by atoms with Gasteiger partial charge in [0.25, 0.3) is 0 Å². The van der Waals surface area contributed by atoms with E-state index in [4.69, 9.17) is 23.7 Å². The number of carbonyl (C=O) groups excluding carboxylic acids is 1. The molecule has 3 heterocycles. The van der Waals surface area contributed by atoms with E-state index in [1.54, 1.807) is 0 Å². The van der Waals surface area contributed by atoms with Crippen LogP contribution in [0.5, 0.6) is 0 Å². The maximum Gasteiger partial charge on any atom is 0.407 e. The van der Waals surface area contributed by atoms with Gasteiger partial charge >= 0.3 is 6.09 Å². The Bertz CT molecular complexity index is 1080. The molecule has 3 fully saturated rings. The van der Waals surface area contributed by atoms with Gasteiger partial charge in [-0.05, 0) is 16.7 Å². The standard InChI is InChI=1S/C30H38N2O7/c1-2-15-35-29(34)31-19-22-3-9-25(10-4-22)28-38-26(18-27(39-28)24-7-5-23(21-33)6-8-24)20-32-13-11-30(12-14-32)36-16-17-37-30/h2-10,26-28,33H,1,11-21H2,(H,31,34). The average Bonchev–Trinajstić information content (AvgIpc) is 3.44. The van der Waals surface area contributed by atoms with Crippen LogP contribution in [0.2, 0.25) is 0 Å². The van der Waals surface area contributed by atoms with E-state index in [1.165, 1.54) is 6.08 Å². The summed E-state index contributed by atoms with van der Waals surface area (Å²) in [4.78, 5) is 14.1. The van der Waals surface area contributed by atoms with Gasteiger partial charge in [-0.15, -0.1) is 0 Å². The molecule has 3 unspecified atom stereocenters. The molecule has 39 heavy (non-hydrogen) atoms. The van der Waals surface area contributed by atoms with Gasteiger partial charge in [0.1, 0.15) is 6.61 Å². The summed E-state index contributed by atoms with van der Waals surface area (Å²) in [6, 6.07) is 15.8. The summed E-state index contributed by atoms with van der Waals surface area (Å²) < 4.78 is 29.7. The Hall–Kier alpha value is -2.79. The van der Waals surface area contributed by atoms with Crippen molar-refractivity contribution in [3.8, 4) is 0 Å². The van der Waals surface area contributed by atoms with Crippen molar-refractivity contribution in [2.24, 2.45) is 0 Å². The SMILES string of the molecule is C=CCOC(=O)NCc1ccc(C2OC(CN3CCC4(CC3)OCCO4)CC(c3ccc(CO)cc3)O2)cc1. The molecule has 9 heteroatoms. The van der Waals surface area contributed by atoms with E-state index in [0.717, 1.165) is 61.2 Å². The van der Waals surface area contributed by atoms with Crippen molar-refractivity contribution in [1.29, 1.82) is 0 Å². The zero-order chi connectivity index (χ0) is 27.1. The van der Waals surface area contributed by atoms with Crippen LogP contribution in [0.25, 0.3) is 0 Å². The van der Waals surface area contributed by atoms with E-state index in [9.17, 15) is 9.90 Å². The van der Waals surface area contributed by atoms with Gasteiger partial charge in [0.15, 0.2) is 12.1 Å². The van der Waals surface area contributed by atoms with Crippen LogP contribution in [0.3, 0.4) is 0 Å². The second kappa shape index (κ2) is 13.0. The van der Waals surface area contributed by atoms with Gasteiger partial charge in [-0.1, -0.05) is 61.2 Å². The smallest absolute Gasteiger partial charge is 0.407 e. The van der Waals surface area contributed by atoms with Gasteiger partial charge in [-0.2, -0.15) is 0 Å². The Morgan fingerprint density at radius 1 is 1.03 bits per heavy atom. The number of alkyl carbamates (subject to hydrolysis) is 1. The molecule has 3 aliphatic heterocycles. The summed E-state index contributed by atoms with van der Waals surface area (Å²) in [5.41, 5.74) is 3.79. The average molecular weight is 539 g/mol. The van der Waals surface area contributed by atoms with Crippen molar-refractivity contribution in [3.05, 3.63) is 83.4 Å². The first kappa shape index (κ1) is 27.8. The Kier molecular flexibility index (Phi) is 9.28. The van der Waals surface area contributed by atoms with Crippen LogP contribution in [-0.4, -0.2) is 67.4 Å². The monoisotopic (exact) mass is 538 g/mol. The lowest BCUT2D eigenvalue weighted by molar-refractivity contribution is -0.255. The lowest BCUT2D eigenvalue weighted by atomic mass is 9.98. The van der Waals surface area contributed by atoms with Crippen LogP contribution >= 0.6 is 0 Å². The first-order valence-corrected chi connectivity index (χ1v) is 13.7. The van der Waals surface area contributed by atoms with E-state index < -0.39 is 18.2 Å². The third-order valence-electron chi connectivity index (χ3n) is 7.53. The summed E-state index contributed by atoms with van der Waals surface area (Å²) in [6.45, 7) is 8.03. The zero-order valence-electron chi connectivity index (χ0n) is 22.3. The summed E-state index contributed by atoms with van der Waals surface area (Å²) in [7, 11) is 0. The van der Waals surface area contributed by atoms with Crippen LogP contribution in [0, 0.1) is 0 Å². The number of piperidine rings is 1. The molecule has 0 saturated carbocycles. The predicted octanol–water partition coefficient (Wildman–Crippen LogP) is 3.98. The fourth-order valence-electron chi connectivity index (χ4n) is 5.34. The van der Waals surface area contributed by atoms with Gasteiger partial charge in [-0.3, -0.25) is 0 Å².